The van der Waals surface area contributed by atoms with Crippen LogP contribution in [0.3, 0.4) is 0 Å². The zero-order chi connectivity index (χ0) is 15.1. The van der Waals surface area contributed by atoms with Gasteiger partial charge in [-0.15, -0.1) is 11.6 Å². The molecule has 0 bridgehead atoms. The quantitative estimate of drug-likeness (QED) is 0.571. The molecule has 0 amide bonds. The van der Waals surface area contributed by atoms with E-state index in [4.69, 9.17) is 11.6 Å². The lowest BCUT2D eigenvalue weighted by Crippen LogP contribution is -2.32. The van der Waals surface area contributed by atoms with Crippen molar-refractivity contribution in [3.8, 4) is 0 Å². The molecule has 1 saturated carbocycles. The fraction of sp³-hybridized carbons (Fsp3) is 1.00. The van der Waals surface area contributed by atoms with E-state index < -0.39 is 9.84 Å². The number of hydrogen-bond donors (Lipinski definition) is 0. The van der Waals surface area contributed by atoms with Crippen molar-refractivity contribution >= 4 is 21.4 Å². The van der Waals surface area contributed by atoms with Gasteiger partial charge in [0.25, 0.3) is 0 Å². The second-order valence-corrected chi connectivity index (χ2v) is 9.19. The second kappa shape index (κ2) is 8.63. The molecule has 0 radical (unpaired) electrons. The van der Waals surface area contributed by atoms with E-state index >= 15 is 0 Å². The highest BCUT2D eigenvalue weighted by atomic mass is 35.5. The van der Waals surface area contributed by atoms with E-state index in [1.807, 2.05) is 6.92 Å². The molecular formula is C16H31ClO2S. The lowest BCUT2D eigenvalue weighted by atomic mass is 9.69. The van der Waals surface area contributed by atoms with Crippen LogP contribution in [0.25, 0.3) is 0 Å². The third kappa shape index (κ3) is 5.93. The van der Waals surface area contributed by atoms with E-state index in [2.05, 4.69) is 6.92 Å². The van der Waals surface area contributed by atoms with E-state index in [1.165, 1.54) is 32.1 Å². The van der Waals surface area contributed by atoms with Gasteiger partial charge in [-0.2, -0.15) is 0 Å². The molecule has 1 aliphatic rings. The molecular weight excluding hydrogens is 292 g/mol. The van der Waals surface area contributed by atoms with Gasteiger partial charge in [0.1, 0.15) is 9.84 Å². The maximum Gasteiger partial charge on any atom is 0.150 e. The summed E-state index contributed by atoms with van der Waals surface area (Å²) in [6.07, 6.45) is 10.1. The molecule has 0 N–H and O–H groups in total. The van der Waals surface area contributed by atoms with Crippen molar-refractivity contribution in [1.82, 2.24) is 0 Å². The molecule has 0 aromatic carbocycles. The smallest absolute Gasteiger partial charge is 0.150 e. The molecule has 0 aromatic heterocycles. The molecule has 0 atom stereocenters. The Balaban J connectivity index is 2.46. The van der Waals surface area contributed by atoms with E-state index in [9.17, 15) is 8.42 Å². The average molecular weight is 323 g/mol. The summed E-state index contributed by atoms with van der Waals surface area (Å²) in [4.78, 5) is 0. The van der Waals surface area contributed by atoms with Gasteiger partial charge in [-0.25, -0.2) is 8.42 Å². The van der Waals surface area contributed by atoms with Gasteiger partial charge in [-0.05, 0) is 49.9 Å². The largest absolute Gasteiger partial charge is 0.229 e. The minimum absolute atomic E-state index is 0.0884. The first-order valence-electron chi connectivity index (χ1n) is 8.23. The highest BCUT2D eigenvalue weighted by molar-refractivity contribution is 7.91. The molecule has 4 heteroatoms. The monoisotopic (exact) mass is 322 g/mol. The molecule has 0 spiro atoms. The van der Waals surface area contributed by atoms with Gasteiger partial charge in [0.05, 0.1) is 5.75 Å². The molecule has 1 rings (SSSR count). The van der Waals surface area contributed by atoms with Gasteiger partial charge < -0.3 is 0 Å². The van der Waals surface area contributed by atoms with Crippen molar-refractivity contribution in [3.05, 3.63) is 0 Å². The van der Waals surface area contributed by atoms with Crippen LogP contribution in [0, 0.1) is 11.3 Å². The van der Waals surface area contributed by atoms with E-state index in [0.29, 0.717) is 17.4 Å². The van der Waals surface area contributed by atoms with Gasteiger partial charge in [0.2, 0.25) is 0 Å². The van der Waals surface area contributed by atoms with Gasteiger partial charge in [0, 0.05) is 11.6 Å². The lowest BCUT2D eigenvalue weighted by molar-refractivity contribution is 0.162. The van der Waals surface area contributed by atoms with Gasteiger partial charge >= 0.3 is 0 Å². The van der Waals surface area contributed by atoms with Crippen LogP contribution in [0.2, 0.25) is 0 Å². The SMILES string of the molecule is CCCCC1CCC(CCl)(CCS(=O)(=O)CCC)CC1. The lowest BCUT2D eigenvalue weighted by Gasteiger charge is -2.39. The van der Waals surface area contributed by atoms with Crippen molar-refractivity contribution in [3.63, 3.8) is 0 Å². The number of unbranched alkanes of at least 4 members (excludes halogenated alkanes) is 1. The minimum Gasteiger partial charge on any atom is -0.229 e. The standard InChI is InChI=1S/C16H31ClO2S/c1-3-5-6-15-7-9-16(14-17,10-8-15)11-13-20(18,19)12-4-2/h15H,3-14H2,1-2H3. The molecule has 1 aliphatic carbocycles. The Bertz CT molecular complexity index is 357. The Morgan fingerprint density at radius 2 is 1.75 bits per heavy atom. The molecule has 2 nitrogen and oxygen atoms in total. The first-order valence-corrected chi connectivity index (χ1v) is 10.6. The Kier molecular flexibility index (Phi) is 7.89. The van der Waals surface area contributed by atoms with Crippen LogP contribution < -0.4 is 0 Å². The van der Waals surface area contributed by atoms with Gasteiger partial charge in [-0.1, -0.05) is 33.1 Å². The molecule has 0 saturated heterocycles. The van der Waals surface area contributed by atoms with E-state index in [0.717, 1.165) is 31.6 Å². The van der Waals surface area contributed by atoms with Crippen molar-refractivity contribution < 1.29 is 8.42 Å². The molecule has 20 heavy (non-hydrogen) atoms. The number of halogens is 1. The molecule has 0 heterocycles. The summed E-state index contributed by atoms with van der Waals surface area (Å²) < 4.78 is 23.8. The zero-order valence-electron chi connectivity index (χ0n) is 13.2. The van der Waals surface area contributed by atoms with Crippen LogP contribution in [0.1, 0.15) is 71.6 Å². The number of rotatable bonds is 9. The maximum absolute atomic E-state index is 11.9. The molecule has 0 unspecified atom stereocenters. The first-order chi connectivity index (χ1) is 9.47. The van der Waals surface area contributed by atoms with Crippen LogP contribution >= 0.6 is 11.6 Å². The van der Waals surface area contributed by atoms with Crippen molar-refractivity contribution in [2.24, 2.45) is 11.3 Å². The van der Waals surface area contributed by atoms with Crippen LogP contribution in [0.4, 0.5) is 0 Å². The van der Waals surface area contributed by atoms with Crippen molar-refractivity contribution in [2.45, 2.75) is 71.6 Å². The number of sulfone groups is 1. The summed E-state index contributed by atoms with van der Waals surface area (Å²) in [6.45, 7) is 4.16. The summed E-state index contributed by atoms with van der Waals surface area (Å²) >= 11 is 6.20. The Hall–Kier alpha value is 0.240. The van der Waals surface area contributed by atoms with Crippen LogP contribution in [-0.2, 0) is 9.84 Å². The fourth-order valence-electron chi connectivity index (χ4n) is 3.31. The zero-order valence-corrected chi connectivity index (χ0v) is 14.7. The van der Waals surface area contributed by atoms with Crippen molar-refractivity contribution in [1.29, 1.82) is 0 Å². The number of alkyl halides is 1. The van der Waals surface area contributed by atoms with Crippen molar-refractivity contribution in [2.75, 3.05) is 17.4 Å². The maximum atomic E-state index is 11.9. The topological polar surface area (TPSA) is 34.1 Å². The van der Waals surface area contributed by atoms with Crippen LogP contribution in [0.15, 0.2) is 0 Å². The van der Waals surface area contributed by atoms with E-state index in [1.54, 1.807) is 0 Å². The summed E-state index contributed by atoms with van der Waals surface area (Å²) in [5.74, 6) is 2.12. The summed E-state index contributed by atoms with van der Waals surface area (Å²) in [6, 6.07) is 0. The predicted molar refractivity (Wildman–Crippen MR) is 88.2 cm³/mol. The third-order valence-corrected chi connectivity index (χ3v) is 7.30. The Labute approximate surface area is 130 Å². The second-order valence-electron chi connectivity index (χ2n) is 6.62. The molecule has 0 aliphatic heterocycles. The van der Waals surface area contributed by atoms with E-state index in [-0.39, 0.29) is 5.41 Å². The third-order valence-electron chi connectivity index (χ3n) is 4.87. The molecule has 1 fully saturated rings. The van der Waals surface area contributed by atoms with Crippen LogP contribution in [0.5, 0.6) is 0 Å². The molecule has 0 aromatic rings. The normalized spacial score (nSPS) is 27.6. The van der Waals surface area contributed by atoms with Gasteiger partial charge in [-0.3, -0.25) is 0 Å². The Morgan fingerprint density at radius 3 is 2.25 bits per heavy atom. The summed E-state index contributed by atoms with van der Waals surface area (Å²) in [5, 5.41) is 0. The fourth-order valence-corrected chi connectivity index (χ4v) is 5.28. The Morgan fingerprint density at radius 1 is 1.10 bits per heavy atom. The average Bonchev–Trinajstić information content (AvgIpc) is 2.44. The number of hydrogen-bond acceptors (Lipinski definition) is 2. The first kappa shape index (κ1) is 18.3. The van der Waals surface area contributed by atoms with Crippen LogP contribution in [-0.4, -0.2) is 25.8 Å². The summed E-state index contributed by atoms with van der Waals surface area (Å²) in [5.41, 5.74) is 0.0884. The molecule has 120 valence electrons. The highest BCUT2D eigenvalue weighted by Crippen LogP contribution is 2.44. The highest BCUT2D eigenvalue weighted by Gasteiger charge is 2.35. The van der Waals surface area contributed by atoms with Gasteiger partial charge in [0.15, 0.2) is 0 Å². The predicted octanol–water partition coefficient (Wildman–Crippen LogP) is 4.81. The minimum atomic E-state index is -2.87. The summed E-state index contributed by atoms with van der Waals surface area (Å²) in [7, 11) is -2.87.